The predicted molar refractivity (Wildman–Crippen MR) is 67.5 cm³/mol. The molecule has 4 rings (SSSR count). The van der Waals surface area contributed by atoms with Gasteiger partial charge in [-0.25, -0.2) is 5.43 Å². The van der Waals surface area contributed by atoms with Gasteiger partial charge in [0.2, 0.25) is 0 Å². The molecule has 0 aliphatic heterocycles. The molecule has 4 bridgehead atoms. The van der Waals surface area contributed by atoms with Crippen molar-refractivity contribution in [1.29, 1.82) is 0 Å². The van der Waals surface area contributed by atoms with Crippen LogP contribution in [-0.2, 0) is 4.79 Å². The number of carboxylic acid groups (broad SMARTS) is 1. The molecule has 4 fully saturated rings. The van der Waals surface area contributed by atoms with Crippen LogP contribution in [0.2, 0.25) is 0 Å². The van der Waals surface area contributed by atoms with Gasteiger partial charge in [-0.2, -0.15) is 0 Å². The van der Waals surface area contributed by atoms with E-state index in [4.69, 9.17) is 5.84 Å². The van der Waals surface area contributed by atoms with Gasteiger partial charge in [-0.3, -0.25) is 10.6 Å². The summed E-state index contributed by atoms with van der Waals surface area (Å²) in [4.78, 5) is 11.4. The Bertz CT molecular complexity index is 346. The van der Waals surface area contributed by atoms with Crippen LogP contribution in [0.5, 0.6) is 0 Å². The van der Waals surface area contributed by atoms with Crippen molar-refractivity contribution in [1.82, 2.24) is 5.43 Å². The normalized spacial score (nSPS) is 49.3. The van der Waals surface area contributed by atoms with Gasteiger partial charge in [0.05, 0.1) is 0 Å². The van der Waals surface area contributed by atoms with Crippen LogP contribution < -0.4 is 11.3 Å². The fraction of sp³-hybridized carbons (Fsp3) is 0.917. The van der Waals surface area contributed by atoms with E-state index in [0.717, 1.165) is 19.3 Å². The molecule has 4 N–H and O–H groups in total. The third-order valence-corrected chi connectivity index (χ3v) is 5.99. The Balaban J connectivity index is 1.95. The molecule has 0 saturated heterocycles. The van der Waals surface area contributed by atoms with Crippen LogP contribution in [0.4, 0.5) is 0 Å². The highest BCUT2D eigenvalue weighted by Gasteiger charge is 2.60. The number of aliphatic carboxylic acids is 1. The van der Waals surface area contributed by atoms with E-state index >= 15 is 0 Å². The summed E-state index contributed by atoms with van der Waals surface area (Å²) in [5, 5.41) is 9.36. The van der Waals surface area contributed by atoms with Crippen LogP contribution in [0.15, 0.2) is 0 Å². The lowest BCUT2D eigenvalue weighted by Crippen LogP contribution is -2.63. The number of hydrazine groups is 1. The summed E-state index contributed by atoms with van der Waals surface area (Å²) < 4.78 is 0.182. The van der Waals surface area contributed by atoms with E-state index in [-0.39, 0.29) is 9.74 Å². The van der Waals surface area contributed by atoms with Gasteiger partial charge in [-0.15, -0.1) is 0 Å². The number of hydrogen-bond acceptors (Lipinski definition) is 3. The number of nitrogens with two attached hydrogens (primary N) is 1. The van der Waals surface area contributed by atoms with E-state index in [1.54, 1.807) is 0 Å². The lowest BCUT2D eigenvalue weighted by Gasteiger charge is -2.61. The minimum Gasteiger partial charge on any atom is -0.480 e. The highest BCUT2D eigenvalue weighted by molar-refractivity contribution is 9.10. The summed E-state index contributed by atoms with van der Waals surface area (Å²) >= 11 is 3.88. The number of carboxylic acids is 1. The molecule has 0 radical (unpaired) electrons. The maximum absolute atomic E-state index is 11.4. The molecule has 0 unspecified atom stereocenters. The molecule has 17 heavy (non-hydrogen) atoms. The van der Waals surface area contributed by atoms with Crippen molar-refractivity contribution in [3.05, 3.63) is 0 Å². The number of rotatable bonds is 3. The topological polar surface area (TPSA) is 75.3 Å². The predicted octanol–water partition coefficient (Wildman–Crippen LogP) is 1.64. The summed E-state index contributed by atoms with van der Waals surface area (Å²) in [6.07, 6.45) is 6.71. The molecule has 4 aliphatic rings. The molecule has 4 nitrogen and oxygen atoms in total. The van der Waals surface area contributed by atoms with E-state index in [9.17, 15) is 9.90 Å². The molecule has 5 heteroatoms. The van der Waals surface area contributed by atoms with Crippen molar-refractivity contribution in [2.24, 2.45) is 23.1 Å². The fourth-order valence-electron chi connectivity index (χ4n) is 5.07. The summed E-state index contributed by atoms with van der Waals surface area (Å²) in [6.45, 7) is 0. The summed E-state index contributed by atoms with van der Waals surface area (Å²) in [7, 11) is 0. The summed E-state index contributed by atoms with van der Waals surface area (Å²) in [6, 6.07) is -0.592. The van der Waals surface area contributed by atoms with Gasteiger partial charge in [0.15, 0.2) is 0 Å². The SMILES string of the molecule is NN[C@@H](C(=O)O)C12C[C@H]3C[C@@H](CC(Br)(C3)C1)C2. The second kappa shape index (κ2) is 3.68. The minimum absolute atomic E-state index is 0.131. The third-order valence-electron chi connectivity index (χ3n) is 5.06. The van der Waals surface area contributed by atoms with Crippen LogP contribution in [0, 0.1) is 17.3 Å². The zero-order chi connectivity index (χ0) is 12.3. The van der Waals surface area contributed by atoms with E-state index in [1.807, 2.05) is 0 Å². The zero-order valence-electron chi connectivity index (χ0n) is 9.79. The molecule has 3 atom stereocenters. The van der Waals surface area contributed by atoms with Crippen molar-refractivity contribution in [3.63, 3.8) is 0 Å². The Morgan fingerprint density at radius 2 is 1.94 bits per heavy atom. The second-order valence-electron chi connectivity index (χ2n) is 6.41. The Morgan fingerprint density at radius 3 is 2.35 bits per heavy atom. The Hall–Kier alpha value is -0.130. The van der Waals surface area contributed by atoms with Gasteiger partial charge >= 0.3 is 5.97 Å². The summed E-state index contributed by atoms with van der Waals surface area (Å²) in [5.74, 6) is 6.06. The van der Waals surface area contributed by atoms with Gasteiger partial charge in [-0.05, 0) is 55.8 Å². The number of alkyl halides is 1. The van der Waals surface area contributed by atoms with Gasteiger partial charge in [-0.1, -0.05) is 15.9 Å². The van der Waals surface area contributed by atoms with Gasteiger partial charge < -0.3 is 5.11 Å². The highest BCUT2D eigenvalue weighted by Crippen LogP contribution is 2.65. The molecular formula is C12H19BrN2O2. The van der Waals surface area contributed by atoms with Crippen molar-refractivity contribution in [2.45, 2.75) is 48.9 Å². The molecule has 0 amide bonds. The molecule has 0 spiro atoms. The zero-order valence-corrected chi connectivity index (χ0v) is 11.4. The molecule has 4 aliphatic carbocycles. The monoisotopic (exact) mass is 302 g/mol. The van der Waals surface area contributed by atoms with E-state index in [2.05, 4.69) is 21.4 Å². The smallest absolute Gasteiger partial charge is 0.322 e. The first kappa shape index (κ1) is 11.9. The number of halogens is 1. The Morgan fingerprint density at radius 1 is 1.35 bits per heavy atom. The molecule has 0 aromatic rings. The molecule has 0 aromatic carbocycles. The van der Waals surface area contributed by atoms with E-state index in [1.165, 1.54) is 19.3 Å². The van der Waals surface area contributed by atoms with Gasteiger partial charge in [0, 0.05) is 4.32 Å². The van der Waals surface area contributed by atoms with Crippen LogP contribution in [0.25, 0.3) is 0 Å². The van der Waals surface area contributed by atoms with Crippen LogP contribution in [0.3, 0.4) is 0 Å². The Labute approximate surface area is 109 Å². The first-order chi connectivity index (χ1) is 7.96. The van der Waals surface area contributed by atoms with E-state index in [0.29, 0.717) is 11.8 Å². The number of nitrogens with one attached hydrogen (secondary N) is 1. The van der Waals surface area contributed by atoms with Crippen molar-refractivity contribution in [2.75, 3.05) is 0 Å². The van der Waals surface area contributed by atoms with Crippen LogP contribution >= 0.6 is 15.9 Å². The number of carbonyl (C=O) groups is 1. The Kier molecular flexibility index (Phi) is 2.58. The largest absolute Gasteiger partial charge is 0.480 e. The van der Waals surface area contributed by atoms with Crippen molar-refractivity contribution < 1.29 is 9.90 Å². The molecule has 96 valence electrons. The molecule has 0 aromatic heterocycles. The van der Waals surface area contributed by atoms with Gasteiger partial charge in [0.25, 0.3) is 0 Å². The molecule has 4 saturated carbocycles. The third kappa shape index (κ3) is 1.74. The minimum atomic E-state index is -0.800. The van der Waals surface area contributed by atoms with Crippen molar-refractivity contribution in [3.8, 4) is 0 Å². The van der Waals surface area contributed by atoms with E-state index < -0.39 is 12.0 Å². The van der Waals surface area contributed by atoms with Gasteiger partial charge in [0.1, 0.15) is 6.04 Å². The highest BCUT2D eigenvalue weighted by atomic mass is 79.9. The average Bonchev–Trinajstić information content (AvgIpc) is 2.12. The first-order valence-electron chi connectivity index (χ1n) is 6.34. The first-order valence-corrected chi connectivity index (χ1v) is 7.14. The quantitative estimate of drug-likeness (QED) is 0.421. The maximum atomic E-state index is 11.4. The molecular weight excluding hydrogens is 284 g/mol. The molecule has 0 heterocycles. The summed E-state index contributed by atoms with van der Waals surface area (Å²) in [5.41, 5.74) is 2.42. The second-order valence-corrected chi connectivity index (χ2v) is 8.09. The average molecular weight is 303 g/mol. The number of hydrogen-bond donors (Lipinski definition) is 3. The maximum Gasteiger partial charge on any atom is 0.322 e. The lowest BCUT2D eigenvalue weighted by molar-refractivity contribution is -0.150. The lowest BCUT2D eigenvalue weighted by atomic mass is 9.47. The standard InChI is InChI=1S/C12H19BrN2O2/c13-12-4-7-1-8(5-12)3-11(2-7,6-12)9(15-14)10(16)17/h7-9,15H,1-6,14H2,(H,16,17)/t7-,8-,9+,11?,12?/m1/s1. The fourth-order valence-corrected chi connectivity index (χ4v) is 6.54. The van der Waals surface area contributed by atoms with Crippen LogP contribution in [0.1, 0.15) is 38.5 Å². The van der Waals surface area contributed by atoms with Crippen molar-refractivity contribution >= 4 is 21.9 Å². The van der Waals surface area contributed by atoms with Crippen LogP contribution in [-0.4, -0.2) is 21.4 Å².